The highest BCUT2D eigenvalue weighted by molar-refractivity contribution is 5.73. The minimum Gasteiger partial charge on any atom is -0.396 e. The molecule has 0 aliphatic rings. The zero-order valence-corrected chi connectivity index (χ0v) is 8.03. The molecule has 1 amide bonds. The van der Waals surface area contributed by atoms with Gasteiger partial charge >= 0.3 is 0 Å². The van der Waals surface area contributed by atoms with E-state index in [4.69, 9.17) is 15.3 Å². The molecule has 78 valence electrons. The number of nitrogens with zero attached hydrogens (tertiary/aromatic N) is 1. The van der Waals surface area contributed by atoms with Crippen molar-refractivity contribution in [3.63, 3.8) is 0 Å². The lowest BCUT2D eigenvalue weighted by Gasteiger charge is -2.38. The second-order valence-electron chi connectivity index (χ2n) is 3.09. The Hall–Kier alpha value is -0.650. The molecule has 0 aromatic rings. The zero-order valence-electron chi connectivity index (χ0n) is 8.03. The van der Waals surface area contributed by atoms with Gasteiger partial charge in [0.15, 0.2) is 0 Å². The van der Waals surface area contributed by atoms with Gasteiger partial charge in [-0.05, 0) is 6.42 Å². The molecule has 0 radical (unpaired) electrons. The van der Waals surface area contributed by atoms with Crippen LogP contribution in [-0.2, 0) is 4.79 Å². The number of carbonyl (C=O) groups is 1. The van der Waals surface area contributed by atoms with Crippen LogP contribution in [0.3, 0.4) is 0 Å². The van der Waals surface area contributed by atoms with Crippen LogP contribution in [0.1, 0.15) is 13.3 Å². The lowest BCUT2D eigenvalue weighted by molar-refractivity contribution is -0.138. The highest BCUT2D eigenvalue weighted by atomic mass is 16.3. The van der Waals surface area contributed by atoms with E-state index in [0.29, 0.717) is 0 Å². The molecular weight excluding hydrogens is 174 g/mol. The number of aliphatic hydroxyl groups excluding tert-OH is 3. The maximum atomic E-state index is 11.0. The number of amides is 1. The van der Waals surface area contributed by atoms with E-state index >= 15 is 0 Å². The quantitative estimate of drug-likeness (QED) is 0.497. The first-order chi connectivity index (χ1) is 6.04. The summed E-state index contributed by atoms with van der Waals surface area (Å²) >= 11 is 0. The van der Waals surface area contributed by atoms with Crippen LogP contribution in [0.5, 0.6) is 0 Å². The molecule has 0 fully saturated rings. The summed E-state index contributed by atoms with van der Waals surface area (Å²) in [4.78, 5) is 12.3. The Morgan fingerprint density at radius 2 is 1.77 bits per heavy atom. The van der Waals surface area contributed by atoms with Crippen LogP contribution >= 0.6 is 0 Å². The van der Waals surface area contributed by atoms with Gasteiger partial charge in [-0.3, -0.25) is 4.79 Å². The van der Waals surface area contributed by atoms with Crippen molar-refractivity contribution in [1.82, 2.24) is 4.90 Å². The van der Waals surface area contributed by atoms with Gasteiger partial charge in [-0.2, -0.15) is 0 Å². The smallest absolute Gasteiger partial charge is 0.219 e. The number of rotatable bonds is 5. The topological polar surface area (TPSA) is 81.0 Å². The maximum absolute atomic E-state index is 11.0. The first-order valence-electron chi connectivity index (χ1n) is 4.11. The SMILES string of the molecule is CC(=O)N(C)C(CO)(CO)CCO. The molecule has 0 heterocycles. The van der Waals surface area contributed by atoms with Crippen LogP contribution < -0.4 is 0 Å². The molecule has 0 aromatic heterocycles. The van der Waals surface area contributed by atoms with E-state index in [2.05, 4.69) is 0 Å². The van der Waals surface area contributed by atoms with E-state index in [-0.39, 0.29) is 32.1 Å². The molecule has 0 aliphatic carbocycles. The fourth-order valence-electron chi connectivity index (χ4n) is 1.13. The van der Waals surface area contributed by atoms with Crippen LogP contribution in [0, 0.1) is 0 Å². The van der Waals surface area contributed by atoms with Crippen molar-refractivity contribution in [1.29, 1.82) is 0 Å². The summed E-state index contributed by atoms with van der Waals surface area (Å²) in [7, 11) is 1.49. The molecule has 0 spiro atoms. The number of hydrogen-bond acceptors (Lipinski definition) is 4. The lowest BCUT2D eigenvalue weighted by Crippen LogP contribution is -2.55. The van der Waals surface area contributed by atoms with Crippen molar-refractivity contribution in [3.8, 4) is 0 Å². The number of hydrogen-bond donors (Lipinski definition) is 3. The van der Waals surface area contributed by atoms with E-state index in [9.17, 15) is 4.79 Å². The van der Waals surface area contributed by atoms with Gasteiger partial charge < -0.3 is 20.2 Å². The number of carbonyl (C=O) groups excluding carboxylic acids is 1. The summed E-state index contributed by atoms with van der Waals surface area (Å²) in [6.07, 6.45) is 0.163. The van der Waals surface area contributed by atoms with Crippen molar-refractivity contribution < 1.29 is 20.1 Å². The summed E-state index contributed by atoms with van der Waals surface area (Å²) in [5.41, 5.74) is -1.04. The van der Waals surface area contributed by atoms with Crippen molar-refractivity contribution in [2.75, 3.05) is 26.9 Å². The molecule has 5 heteroatoms. The molecule has 0 atom stereocenters. The van der Waals surface area contributed by atoms with E-state index in [1.165, 1.54) is 18.9 Å². The second-order valence-corrected chi connectivity index (χ2v) is 3.09. The molecular formula is C8H17NO4. The third-order valence-electron chi connectivity index (χ3n) is 2.35. The Kier molecular flexibility index (Phi) is 4.90. The molecule has 0 rings (SSSR count). The van der Waals surface area contributed by atoms with Crippen molar-refractivity contribution >= 4 is 5.91 Å². The Bertz CT molecular complexity index is 168. The maximum Gasteiger partial charge on any atom is 0.219 e. The zero-order chi connectivity index (χ0) is 10.5. The summed E-state index contributed by atoms with van der Waals surface area (Å²) in [5.74, 6) is -0.253. The van der Waals surface area contributed by atoms with E-state index < -0.39 is 5.54 Å². The largest absolute Gasteiger partial charge is 0.396 e. The second kappa shape index (κ2) is 5.16. The third kappa shape index (κ3) is 2.65. The van der Waals surface area contributed by atoms with Gasteiger partial charge in [0, 0.05) is 20.6 Å². The molecule has 0 aromatic carbocycles. The first-order valence-corrected chi connectivity index (χ1v) is 4.11. The van der Waals surface area contributed by atoms with Crippen LogP contribution in [-0.4, -0.2) is 58.5 Å². The Morgan fingerprint density at radius 1 is 1.31 bits per heavy atom. The number of likely N-dealkylation sites (N-methyl/N-ethyl adjacent to an activating group) is 1. The molecule has 0 saturated carbocycles. The summed E-state index contributed by atoms with van der Waals surface area (Å²) in [6.45, 7) is 0.441. The van der Waals surface area contributed by atoms with Gasteiger partial charge in [0.25, 0.3) is 0 Å². The van der Waals surface area contributed by atoms with Crippen LogP contribution in [0.4, 0.5) is 0 Å². The van der Waals surface area contributed by atoms with Crippen LogP contribution in [0.2, 0.25) is 0 Å². The predicted octanol–water partition coefficient (Wildman–Crippen LogP) is -1.43. The normalized spacial score (nSPS) is 11.5. The minimum absolute atomic E-state index is 0.163. The molecule has 0 unspecified atom stereocenters. The predicted molar refractivity (Wildman–Crippen MR) is 47.0 cm³/mol. The first kappa shape index (κ1) is 12.3. The van der Waals surface area contributed by atoms with Gasteiger partial charge in [0.1, 0.15) is 0 Å². The van der Waals surface area contributed by atoms with Crippen molar-refractivity contribution in [2.45, 2.75) is 18.9 Å². The highest BCUT2D eigenvalue weighted by Crippen LogP contribution is 2.17. The average Bonchev–Trinajstić information content (AvgIpc) is 2.13. The third-order valence-corrected chi connectivity index (χ3v) is 2.35. The molecule has 5 nitrogen and oxygen atoms in total. The fraction of sp³-hybridized carbons (Fsp3) is 0.875. The highest BCUT2D eigenvalue weighted by Gasteiger charge is 2.34. The van der Waals surface area contributed by atoms with E-state index in [0.717, 1.165) is 0 Å². The summed E-state index contributed by atoms with van der Waals surface area (Å²) < 4.78 is 0. The van der Waals surface area contributed by atoms with Gasteiger partial charge in [-0.15, -0.1) is 0 Å². The standard InChI is InChI=1S/C8H17NO4/c1-7(13)9(2)8(5-11,6-12)3-4-10/h10-12H,3-6H2,1-2H3. The van der Waals surface area contributed by atoms with Crippen molar-refractivity contribution in [2.24, 2.45) is 0 Å². The van der Waals surface area contributed by atoms with Crippen LogP contribution in [0.25, 0.3) is 0 Å². The molecule has 13 heavy (non-hydrogen) atoms. The van der Waals surface area contributed by atoms with Gasteiger partial charge in [-0.25, -0.2) is 0 Å². The van der Waals surface area contributed by atoms with Gasteiger partial charge in [0.2, 0.25) is 5.91 Å². The molecule has 0 saturated heterocycles. The Morgan fingerprint density at radius 3 is 2.00 bits per heavy atom. The molecule has 3 N–H and O–H groups in total. The van der Waals surface area contributed by atoms with E-state index in [1.807, 2.05) is 0 Å². The molecule has 0 bridgehead atoms. The monoisotopic (exact) mass is 191 g/mol. The van der Waals surface area contributed by atoms with Gasteiger partial charge in [-0.1, -0.05) is 0 Å². The Labute approximate surface area is 77.6 Å². The number of aliphatic hydroxyl groups is 3. The lowest BCUT2D eigenvalue weighted by atomic mass is 9.96. The van der Waals surface area contributed by atoms with E-state index in [1.54, 1.807) is 0 Å². The average molecular weight is 191 g/mol. The summed E-state index contributed by atoms with van der Waals surface area (Å²) in [5, 5.41) is 26.9. The van der Waals surface area contributed by atoms with Gasteiger partial charge in [0.05, 0.1) is 18.8 Å². The Balaban J connectivity index is 4.63. The summed E-state index contributed by atoms with van der Waals surface area (Å²) in [6, 6.07) is 0. The minimum atomic E-state index is -1.04. The molecule has 0 aliphatic heterocycles. The van der Waals surface area contributed by atoms with Crippen LogP contribution in [0.15, 0.2) is 0 Å². The van der Waals surface area contributed by atoms with Crippen molar-refractivity contribution in [3.05, 3.63) is 0 Å². The fourth-order valence-corrected chi connectivity index (χ4v) is 1.13.